The van der Waals surface area contributed by atoms with Gasteiger partial charge in [-0.2, -0.15) is 0 Å². The smallest absolute Gasteiger partial charge is 0.328 e. The molecule has 1 aromatic carbocycles. The highest BCUT2D eigenvalue weighted by Gasteiger charge is 2.07. The van der Waals surface area contributed by atoms with Crippen molar-refractivity contribution in [2.45, 2.75) is 33.6 Å². The first kappa shape index (κ1) is 15.3. The van der Waals surface area contributed by atoms with Crippen LogP contribution >= 0.6 is 0 Å². The van der Waals surface area contributed by atoms with Gasteiger partial charge in [-0.15, -0.1) is 0 Å². The van der Waals surface area contributed by atoms with Crippen LogP contribution in [-0.2, 0) is 4.79 Å². The van der Waals surface area contributed by atoms with Gasteiger partial charge in [0.05, 0.1) is 0 Å². The highest BCUT2D eigenvalue weighted by atomic mass is 16.4. The quantitative estimate of drug-likeness (QED) is 0.760. The molecule has 0 bridgehead atoms. The van der Waals surface area contributed by atoms with Gasteiger partial charge in [0, 0.05) is 24.9 Å². The van der Waals surface area contributed by atoms with E-state index >= 15 is 0 Å². The molecule has 0 aromatic heterocycles. The second-order valence-corrected chi connectivity index (χ2v) is 4.70. The lowest BCUT2D eigenvalue weighted by atomic mass is 10.1. The standard InChI is InChI=1S/C16H23NO2/c1-4-10-17(11-5-2)15-8-6-14(12-13(15)3)7-9-16(18)19/h6-9,12H,4-5,10-11H2,1-3H3,(H,18,19)/b9-7+. The number of aryl methyl sites for hydroxylation is 1. The molecule has 0 saturated carbocycles. The van der Waals surface area contributed by atoms with Crippen LogP contribution in [0.3, 0.4) is 0 Å². The van der Waals surface area contributed by atoms with Crippen LogP contribution in [0, 0.1) is 6.92 Å². The molecule has 0 saturated heterocycles. The van der Waals surface area contributed by atoms with Gasteiger partial charge in [0.25, 0.3) is 0 Å². The summed E-state index contributed by atoms with van der Waals surface area (Å²) in [6.45, 7) is 8.55. The number of hydrogen-bond donors (Lipinski definition) is 1. The fourth-order valence-corrected chi connectivity index (χ4v) is 2.20. The number of aliphatic carboxylic acids is 1. The summed E-state index contributed by atoms with van der Waals surface area (Å²) in [5, 5.41) is 8.63. The van der Waals surface area contributed by atoms with Gasteiger partial charge in [0.2, 0.25) is 0 Å². The number of anilines is 1. The van der Waals surface area contributed by atoms with E-state index in [1.807, 2.05) is 12.1 Å². The number of benzene rings is 1. The van der Waals surface area contributed by atoms with Gasteiger partial charge in [-0.3, -0.25) is 0 Å². The maximum atomic E-state index is 10.5. The van der Waals surface area contributed by atoms with Crippen molar-refractivity contribution in [3.63, 3.8) is 0 Å². The fourth-order valence-electron chi connectivity index (χ4n) is 2.20. The normalized spacial score (nSPS) is 10.9. The Morgan fingerprint density at radius 1 is 1.26 bits per heavy atom. The summed E-state index contributed by atoms with van der Waals surface area (Å²) in [7, 11) is 0. The minimum atomic E-state index is -0.916. The van der Waals surface area contributed by atoms with E-state index in [-0.39, 0.29) is 0 Å². The Kier molecular flexibility index (Phi) is 6.13. The summed E-state index contributed by atoms with van der Waals surface area (Å²) in [5.41, 5.74) is 3.36. The molecule has 0 heterocycles. The van der Waals surface area contributed by atoms with Crippen LogP contribution in [0.1, 0.15) is 37.8 Å². The first-order chi connectivity index (χ1) is 9.08. The van der Waals surface area contributed by atoms with E-state index in [4.69, 9.17) is 5.11 Å². The van der Waals surface area contributed by atoms with Gasteiger partial charge >= 0.3 is 5.97 Å². The SMILES string of the molecule is CCCN(CCC)c1ccc(/C=C/C(=O)O)cc1C. The summed E-state index contributed by atoms with van der Waals surface area (Å²) in [6, 6.07) is 6.09. The molecule has 19 heavy (non-hydrogen) atoms. The van der Waals surface area contributed by atoms with Gasteiger partial charge in [0.1, 0.15) is 0 Å². The highest BCUT2D eigenvalue weighted by molar-refractivity contribution is 5.85. The van der Waals surface area contributed by atoms with Crippen molar-refractivity contribution in [2.24, 2.45) is 0 Å². The fraction of sp³-hybridized carbons (Fsp3) is 0.438. The Labute approximate surface area is 115 Å². The average molecular weight is 261 g/mol. The number of carboxylic acid groups (broad SMARTS) is 1. The zero-order valence-electron chi connectivity index (χ0n) is 12.0. The van der Waals surface area contributed by atoms with Crippen molar-refractivity contribution in [1.82, 2.24) is 0 Å². The number of carboxylic acids is 1. The Morgan fingerprint density at radius 2 is 1.89 bits per heavy atom. The Morgan fingerprint density at radius 3 is 2.37 bits per heavy atom. The first-order valence-corrected chi connectivity index (χ1v) is 6.85. The van der Waals surface area contributed by atoms with E-state index in [1.54, 1.807) is 6.08 Å². The van der Waals surface area contributed by atoms with E-state index in [2.05, 4.69) is 31.7 Å². The third kappa shape index (κ3) is 4.78. The van der Waals surface area contributed by atoms with Crippen LogP contribution in [0.4, 0.5) is 5.69 Å². The van der Waals surface area contributed by atoms with Crippen molar-refractivity contribution in [1.29, 1.82) is 0 Å². The van der Waals surface area contributed by atoms with Crippen LogP contribution in [0.25, 0.3) is 6.08 Å². The molecule has 1 N–H and O–H groups in total. The van der Waals surface area contributed by atoms with Crippen molar-refractivity contribution < 1.29 is 9.90 Å². The Hall–Kier alpha value is -1.77. The number of rotatable bonds is 7. The molecule has 3 nitrogen and oxygen atoms in total. The van der Waals surface area contributed by atoms with Gasteiger partial charge in [0.15, 0.2) is 0 Å². The van der Waals surface area contributed by atoms with Crippen molar-refractivity contribution in [3.8, 4) is 0 Å². The van der Waals surface area contributed by atoms with Gasteiger partial charge < -0.3 is 10.0 Å². The maximum Gasteiger partial charge on any atom is 0.328 e. The lowest BCUT2D eigenvalue weighted by Gasteiger charge is -2.25. The Balaban J connectivity index is 2.94. The molecular formula is C16H23NO2. The molecule has 0 aliphatic carbocycles. The van der Waals surface area contributed by atoms with E-state index < -0.39 is 5.97 Å². The summed E-state index contributed by atoms with van der Waals surface area (Å²) in [6.07, 6.45) is 5.05. The molecule has 104 valence electrons. The molecule has 1 rings (SSSR count). The predicted molar refractivity (Wildman–Crippen MR) is 80.6 cm³/mol. The van der Waals surface area contributed by atoms with Crippen LogP contribution in [0.15, 0.2) is 24.3 Å². The third-order valence-corrected chi connectivity index (χ3v) is 2.97. The monoisotopic (exact) mass is 261 g/mol. The largest absolute Gasteiger partial charge is 0.478 e. The molecule has 0 aliphatic heterocycles. The minimum absolute atomic E-state index is 0.916. The molecule has 0 atom stereocenters. The van der Waals surface area contributed by atoms with Crippen LogP contribution in [0.2, 0.25) is 0 Å². The van der Waals surface area contributed by atoms with Gasteiger partial charge in [-0.1, -0.05) is 19.9 Å². The zero-order chi connectivity index (χ0) is 14.3. The average Bonchev–Trinajstić information content (AvgIpc) is 2.36. The van der Waals surface area contributed by atoms with Crippen LogP contribution < -0.4 is 4.90 Å². The molecule has 1 aromatic rings. The molecule has 0 radical (unpaired) electrons. The van der Waals surface area contributed by atoms with Crippen LogP contribution in [0.5, 0.6) is 0 Å². The molecule has 0 spiro atoms. The van der Waals surface area contributed by atoms with E-state index in [0.29, 0.717) is 0 Å². The topological polar surface area (TPSA) is 40.5 Å². The van der Waals surface area contributed by atoms with Crippen LogP contribution in [-0.4, -0.2) is 24.2 Å². The lowest BCUT2D eigenvalue weighted by molar-refractivity contribution is -0.131. The summed E-state index contributed by atoms with van der Waals surface area (Å²) >= 11 is 0. The predicted octanol–water partition coefficient (Wildman–Crippen LogP) is 3.72. The lowest BCUT2D eigenvalue weighted by Crippen LogP contribution is -2.25. The molecule has 3 heteroatoms. The van der Waals surface area contributed by atoms with E-state index in [9.17, 15) is 4.79 Å². The van der Waals surface area contributed by atoms with Crippen molar-refractivity contribution in [3.05, 3.63) is 35.4 Å². The first-order valence-electron chi connectivity index (χ1n) is 6.85. The van der Waals surface area contributed by atoms with Crippen molar-refractivity contribution >= 4 is 17.7 Å². The maximum absolute atomic E-state index is 10.5. The number of carbonyl (C=O) groups is 1. The molecule has 0 fully saturated rings. The van der Waals surface area contributed by atoms with Gasteiger partial charge in [-0.25, -0.2) is 4.79 Å². The summed E-state index contributed by atoms with van der Waals surface area (Å²) < 4.78 is 0. The molecule has 0 amide bonds. The van der Waals surface area contributed by atoms with E-state index in [1.165, 1.54) is 17.3 Å². The Bertz CT molecular complexity index is 446. The minimum Gasteiger partial charge on any atom is -0.478 e. The van der Waals surface area contributed by atoms with Crippen molar-refractivity contribution in [2.75, 3.05) is 18.0 Å². The van der Waals surface area contributed by atoms with Gasteiger partial charge in [-0.05, 0) is 49.1 Å². The molecule has 0 unspecified atom stereocenters. The van der Waals surface area contributed by atoms with E-state index in [0.717, 1.165) is 31.5 Å². The second-order valence-electron chi connectivity index (χ2n) is 4.70. The number of hydrogen-bond acceptors (Lipinski definition) is 2. The molecule has 0 aliphatic rings. The summed E-state index contributed by atoms with van der Waals surface area (Å²) in [5.74, 6) is -0.916. The third-order valence-electron chi connectivity index (χ3n) is 2.97. The zero-order valence-corrected chi connectivity index (χ0v) is 12.0. The number of nitrogens with zero attached hydrogens (tertiary/aromatic N) is 1. The second kappa shape index (κ2) is 7.62. The highest BCUT2D eigenvalue weighted by Crippen LogP contribution is 2.22. The summed E-state index contributed by atoms with van der Waals surface area (Å²) in [4.78, 5) is 12.9. The molecular weight excluding hydrogens is 238 g/mol.